The first kappa shape index (κ1) is 15.5. The van der Waals surface area contributed by atoms with Crippen molar-refractivity contribution in [2.75, 3.05) is 19.6 Å². The lowest BCUT2D eigenvalue weighted by Crippen LogP contribution is -2.42. The SMILES string of the molecule is CCCNC(CN(CC)Cc1cccc(C)n1)C1CC1. The number of nitrogens with one attached hydrogen (secondary N) is 1. The van der Waals surface area contributed by atoms with Crippen LogP contribution in [0.15, 0.2) is 18.2 Å². The standard InChI is InChI=1S/C17H29N3/c1-4-11-18-17(15-9-10-15)13-20(5-2)12-16-8-6-7-14(3)19-16/h6-8,15,17-18H,4-5,9-13H2,1-3H3. The first-order valence-corrected chi connectivity index (χ1v) is 8.11. The molecule has 1 aromatic heterocycles. The van der Waals surface area contributed by atoms with Crippen molar-refractivity contribution in [1.29, 1.82) is 0 Å². The fourth-order valence-electron chi connectivity index (χ4n) is 2.71. The number of likely N-dealkylation sites (N-methyl/N-ethyl adjacent to an activating group) is 1. The molecule has 2 rings (SSSR count). The first-order chi connectivity index (χ1) is 9.72. The molecule has 20 heavy (non-hydrogen) atoms. The first-order valence-electron chi connectivity index (χ1n) is 8.11. The van der Waals surface area contributed by atoms with Gasteiger partial charge in [-0.15, -0.1) is 0 Å². The van der Waals surface area contributed by atoms with E-state index < -0.39 is 0 Å². The molecule has 1 aliphatic carbocycles. The van der Waals surface area contributed by atoms with Crippen LogP contribution in [0.2, 0.25) is 0 Å². The highest BCUT2D eigenvalue weighted by Gasteiger charge is 2.31. The van der Waals surface area contributed by atoms with Crippen molar-refractivity contribution in [3.8, 4) is 0 Å². The predicted molar refractivity (Wildman–Crippen MR) is 84.7 cm³/mol. The van der Waals surface area contributed by atoms with E-state index in [9.17, 15) is 0 Å². The highest BCUT2D eigenvalue weighted by molar-refractivity contribution is 5.09. The van der Waals surface area contributed by atoms with Crippen LogP contribution in [-0.4, -0.2) is 35.6 Å². The van der Waals surface area contributed by atoms with Gasteiger partial charge in [-0.25, -0.2) is 0 Å². The third-order valence-corrected chi connectivity index (χ3v) is 4.08. The van der Waals surface area contributed by atoms with Gasteiger partial charge in [-0.2, -0.15) is 0 Å². The average molecular weight is 275 g/mol. The highest BCUT2D eigenvalue weighted by Crippen LogP contribution is 2.33. The number of rotatable bonds is 9. The van der Waals surface area contributed by atoms with E-state index in [1.807, 2.05) is 0 Å². The molecule has 3 nitrogen and oxygen atoms in total. The zero-order chi connectivity index (χ0) is 14.4. The molecule has 1 aliphatic rings. The molecule has 0 bridgehead atoms. The van der Waals surface area contributed by atoms with Gasteiger partial charge in [-0.1, -0.05) is 19.9 Å². The molecule has 1 heterocycles. The van der Waals surface area contributed by atoms with Crippen molar-refractivity contribution < 1.29 is 0 Å². The molecular formula is C17H29N3. The van der Waals surface area contributed by atoms with Crippen LogP contribution in [0.1, 0.15) is 44.5 Å². The summed E-state index contributed by atoms with van der Waals surface area (Å²) >= 11 is 0. The second-order valence-corrected chi connectivity index (χ2v) is 6.00. The third kappa shape index (κ3) is 4.88. The molecule has 1 aromatic rings. The topological polar surface area (TPSA) is 28.2 Å². The molecule has 0 aliphatic heterocycles. The van der Waals surface area contributed by atoms with Gasteiger partial charge < -0.3 is 5.32 Å². The molecule has 0 radical (unpaired) electrons. The lowest BCUT2D eigenvalue weighted by molar-refractivity contribution is 0.231. The summed E-state index contributed by atoms with van der Waals surface area (Å²) in [6.07, 6.45) is 4.03. The van der Waals surface area contributed by atoms with E-state index >= 15 is 0 Å². The molecule has 3 heteroatoms. The van der Waals surface area contributed by atoms with Crippen LogP contribution >= 0.6 is 0 Å². The van der Waals surface area contributed by atoms with Gasteiger partial charge in [0.25, 0.3) is 0 Å². The van der Waals surface area contributed by atoms with Gasteiger partial charge in [0.05, 0.1) is 5.69 Å². The molecule has 1 atom stereocenters. The van der Waals surface area contributed by atoms with Crippen molar-refractivity contribution >= 4 is 0 Å². The number of nitrogens with zero attached hydrogens (tertiary/aromatic N) is 2. The Balaban J connectivity index is 1.89. The normalized spacial score (nSPS) is 16.6. The molecule has 1 fully saturated rings. The molecule has 1 unspecified atom stereocenters. The average Bonchev–Trinajstić information content (AvgIpc) is 3.26. The second kappa shape index (κ2) is 7.75. The van der Waals surface area contributed by atoms with Crippen LogP contribution in [0.4, 0.5) is 0 Å². The number of aromatic nitrogens is 1. The van der Waals surface area contributed by atoms with Gasteiger partial charge in [0.15, 0.2) is 0 Å². The maximum atomic E-state index is 4.63. The second-order valence-electron chi connectivity index (χ2n) is 6.00. The molecule has 112 valence electrons. The Morgan fingerprint density at radius 1 is 1.35 bits per heavy atom. The molecule has 1 saturated carbocycles. The summed E-state index contributed by atoms with van der Waals surface area (Å²) in [6.45, 7) is 10.9. The van der Waals surface area contributed by atoms with Gasteiger partial charge in [0.2, 0.25) is 0 Å². The number of pyridine rings is 1. The van der Waals surface area contributed by atoms with Crippen molar-refractivity contribution in [3.63, 3.8) is 0 Å². The molecule has 0 amide bonds. The van der Waals surface area contributed by atoms with Crippen LogP contribution in [-0.2, 0) is 6.54 Å². The number of hydrogen-bond donors (Lipinski definition) is 1. The minimum atomic E-state index is 0.666. The maximum absolute atomic E-state index is 4.63. The zero-order valence-corrected chi connectivity index (χ0v) is 13.2. The summed E-state index contributed by atoms with van der Waals surface area (Å²) in [5, 5.41) is 3.73. The molecule has 1 N–H and O–H groups in total. The fourth-order valence-corrected chi connectivity index (χ4v) is 2.71. The lowest BCUT2D eigenvalue weighted by Gasteiger charge is -2.27. The largest absolute Gasteiger partial charge is 0.312 e. The lowest BCUT2D eigenvalue weighted by atomic mass is 10.1. The van der Waals surface area contributed by atoms with Crippen LogP contribution < -0.4 is 5.32 Å². The Labute approximate surface area is 123 Å². The molecule has 0 aromatic carbocycles. The van der Waals surface area contributed by atoms with E-state index in [4.69, 9.17) is 0 Å². The van der Waals surface area contributed by atoms with E-state index in [0.29, 0.717) is 6.04 Å². The monoisotopic (exact) mass is 275 g/mol. The minimum absolute atomic E-state index is 0.666. The predicted octanol–water partition coefficient (Wildman–Crippen LogP) is 2.99. The number of aryl methyl sites for hydroxylation is 1. The molecule has 0 spiro atoms. The molecule has 0 saturated heterocycles. The Morgan fingerprint density at radius 3 is 2.75 bits per heavy atom. The van der Waals surface area contributed by atoms with Crippen LogP contribution in [0, 0.1) is 12.8 Å². The van der Waals surface area contributed by atoms with E-state index in [2.05, 4.69) is 54.2 Å². The summed E-state index contributed by atoms with van der Waals surface area (Å²) < 4.78 is 0. The van der Waals surface area contributed by atoms with Crippen LogP contribution in [0.5, 0.6) is 0 Å². The minimum Gasteiger partial charge on any atom is -0.312 e. The Kier molecular flexibility index (Phi) is 5.99. The summed E-state index contributed by atoms with van der Waals surface area (Å²) in [4.78, 5) is 7.15. The summed E-state index contributed by atoms with van der Waals surface area (Å²) in [5.74, 6) is 0.904. The molecular weight excluding hydrogens is 246 g/mol. The van der Waals surface area contributed by atoms with Gasteiger partial charge in [-0.3, -0.25) is 9.88 Å². The van der Waals surface area contributed by atoms with E-state index in [0.717, 1.165) is 37.8 Å². The Bertz CT molecular complexity index is 401. The zero-order valence-electron chi connectivity index (χ0n) is 13.2. The third-order valence-electron chi connectivity index (χ3n) is 4.08. The van der Waals surface area contributed by atoms with Crippen molar-refractivity contribution in [2.24, 2.45) is 5.92 Å². The van der Waals surface area contributed by atoms with E-state index in [1.165, 1.54) is 25.0 Å². The Hall–Kier alpha value is -0.930. The fraction of sp³-hybridized carbons (Fsp3) is 0.706. The van der Waals surface area contributed by atoms with Crippen LogP contribution in [0.3, 0.4) is 0 Å². The van der Waals surface area contributed by atoms with Crippen LogP contribution in [0.25, 0.3) is 0 Å². The van der Waals surface area contributed by atoms with Gasteiger partial charge >= 0.3 is 0 Å². The smallest absolute Gasteiger partial charge is 0.0547 e. The van der Waals surface area contributed by atoms with E-state index in [1.54, 1.807) is 0 Å². The van der Waals surface area contributed by atoms with Gasteiger partial charge in [-0.05, 0) is 57.3 Å². The summed E-state index contributed by atoms with van der Waals surface area (Å²) in [6, 6.07) is 6.98. The number of hydrogen-bond acceptors (Lipinski definition) is 3. The van der Waals surface area contributed by atoms with Crippen molar-refractivity contribution in [3.05, 3.63) is 29.6 Å². The summed E-state index contributed by atoms with van der Waals surface area (Å²) in [5.41, 5.74) is 2.30. The summed E-state index contributed by atoms with van der Waals surface area (Å²) in [7, 11) is 0. The maximum Gasteiger partial charge on any atom is 0.0547 e. The van der Waals surface area contributed by atoms with E-state index in [-0.39, 0.29) is 0 Å². The highest BCUT2D eigenvalue weighted by atomic mass is 15.2. The quantitative estimate of drug-likeness (QED) is 0.751. The Morgan fingerprint density at radius 2 is 2.15 bits per heavy atom. The van der Waals surface area contributed by atoms with Gasteiger partial charge in [0.1, 0.15) is 0 Å². The van der Waals surface area contributed by atoms with Crippen molar-refractivity contribution in [2.45, 2.75) is 52.6 Å². The van der Waals surface area contributed by atoms with Crippen molar-refractivity contribution in [1.82, 2.24) is 15.2 Å². The van der Waals surface area contributed by atoms with Gasteiger partial charge in [0, 0.05) is 24.8 Å².